The van der Waals surface area contributed by atoms with Gasteiger partial charge in [-0.15, -0.1) is 0 Å². The maximum Gasteiger partial charge on any atom is 0.265 e. The third-order valence-electron chi connectivity index (χ3n) is 3.22. The zero-order chi connectivity index (χ0) is 16.3. The first-order valence-corrected chi connectivity index (χ1v) is 8.21. The van der Waals surface area contributed by atoms with Crippen molar-refractivity contribution in [3.63, 3.8) is 0 Å². The van der Waals surface area contributed by atoms with E-state index in [1.54, 1.807) is 36.0 Å². The summed E-state index contributed by atoms with van der Waals surface area (Å²) in [6, 6.07) is 6.57. The van der Waals surface area contributed by atoms with Crippen molar-refractivity contribution in [1.29, 1.82) is 0 Å². The van der Waals surface area contributed by atoms with E-state index in [0.717, 1.165) is 0 Å². The lowest BCUT2D eigenvalue weighted by Crippen LogP contribution is -2.22. The highest BCUT2D eigenvalue weighted by atomic mass is 32.2. The second-order valence-electron chi connectivity index (χ2n) is 4.76. The molecule has 0 fully saturated rings. The van der Waals surface area contributed by atoms with E-state index in [1.165, 1.54) is 24.2 Å². The third-order valence-corrected chi connectivity index (χ3v) is 4.56. The summed E-state index contributed by atoms with van der Waals surface area (Å²) in [6.45, 7) is 3.94. The molecule has 0 aliphatic carbocycles. The van der Waals surface area contributed by atoms with Gasteiger partial charge in [-0.25, -0.2) is 8.42 Å². The van der Waals surface area contributed by atoms with Crippen LogP contribution in [0.4, 0.5) is 11.4 Å². The molecule has 0 aliphatic rings. The van der Waals surface area contributed by atoms with Gasteiger partial charge >= 0.3 is 0 Å². The van der Waals surface area contributed by atoms with E-state index in [1.807, 2.05) is 6.92 Å². The molecule has 2 aromatic rings. The van der Waals surface area contributed by atoms with Gasteiger partial charge in [0.1, 0.15) is 4.90 Å². The Bertz CT molecular complexity index is 766. The molecule has 0 saturated carbocycles. The predicted molar refractivity (Wildman–Crippen MR) is 84.2 cm³/mol. The van der Waals surface area contributed by atoms with Gasteiger partial charge in [0.25, 0.3) is 10.0 Å². The number of hydrogen-bond donors (Lipinski definition) is 1. The molecule has 0 bridgehead atoms. The molecule has 1 N–H and O–H groups in total. The topological polar surface area (TPSA) is 84.3 Å². The van der Waals surface area contributed by atoms with Gasteiger partial charge in [-0.05, 0) is 31.2 Å². The Morgan fingerprint density at radius 2 is 1.95 bits per heavy atom. The maximum absolute atomic E-state index is 12.2. The van der Waals surface area contributed by atoms with Crippen molar-refractivity contribution in [1.82, 2.24) is 9.78 Å². The van der Waals surface area contributed by atoms with Gasteiger partial charge in [0.05, 0.1) is 6.20 Å². The number of rotatable bonds is 5. The number of anilines is 2. The Labute approximate surface area is 129 Å². The minimum absolute atomic E-state index is 0.0969. The molecule has 0 aliphatic heterocycles. The molecule has 22 heavy (non-hydrogen) atoms. The van der Waals surface area contributed by atoms with Crippen LogP contribution in [-0.4, -0.2) is 31.2 Å². The van der Waals surface area contributed by atoms with Crippen LogP contribution in [0.2, 0.25) is 0 Å². The first kappa shape index (κ1) is 16.0. The van der Waals surface area contributed by atoms with Gasteiger partial charge < -0.3 is 4.90 Å². The summed E-state index contributed by atoms with van der Waals surface area (Å²) in [5, 5.41) is 3.95. The Morgan fingerprint density at radius 1 is 1.32 bits per heavy atom. The second kappa shape index (κ2) is 6.18. The zero-order valence-electron chi connectivity index (χ0n) is 12.6. The molecule has 2 rings (SSSR count). The molecule has 0 unspecified atom stereocenters. The zero-order valence-corrected chi connectivity index (χ0v) is 13.5. The number of nitrogens with one attached hydrogen (secondary N) is 1. The first-order valence-electron chi connectivity index (χ1n) is 6.73. The van der Waals surface area contributed by atoms with Crippen molar-refractivity contribution in [3.05, 3.63) is 36.7 Å². The van der Waals surface area contributed by atoms with E-state index in [9.17, 15) is 13.2 Å². The smallest absolute Gasteiger partial charge is 0.265 e. The molecule has 7 nitrogen and oxygen atoms in total. The van der Waals surface area contributed by atoms with Gasteiger partial charge in [-0.3, -0.25) is 14.2 Å². The highest BCUT2D eigenvalue weighted by molar-refractivity contribution is 7.92. The van der Waals surface area contributed by atoms with Gasteiger partial charge in [0, 0.05) is 38.1 Å². The molecular formula is C14H18N4O3S. The standard InChI is InChI=1S/C14H18N4O3S/c1-4-18-10-14(9-15-18)22(20,21)16-12-5-7-13(8-6-12)17(3)11(2)19/h5-10,16H,4H2,1-3H3. The van der Waals surface area contributed by atoms with Crippen molar-refractivity contribution < 1.29 is 13.2 Å². The van der Waals surface area contributed by atoms with E-state index >= 15 is 0 Å². The van der Waals surface area contributed by atoms with E-state index in [2.05, 4.69) is 9.82 Å². The molecule has 1 amide bonds. The Hall–Kier alpha value is -2.35. The minimum atomic E-state index is -3.67. The number of nitrogens with zero attached hydrogens (tertiary/aromatic N) is 3. The highest BCUT2D eigenvalue weighted by Crippen LogP contribution is 2.20. The fourth-order valence-corrected chi connectivity index (χ4v) is 2.82. The van der Waals surface area contributed by atoms with Crippen LogP contribution in [0.5, 0.6) is 0 Å². The van der Waals surface area contributed by atoms with Crippen LogP contribution in [0.15, 0.2) is 41.6 Å². The van der Waals surface area contributed by atoms with Crippen molar-refractivity contribution in [2.45, 2.75) is 25.3 Å². The number of carbonyl (C=O) groups excluding carboxylic acids is 1. The van der Waals surface area contributed by atoms with Gasteiger partial charge in [-0.1, -0.05) is 0 Å². The van der Waals surface area contributed by atoms with Crippen LogP contribution in [0, 0.1) is 0 Å². The van der Waals surface area contributed by atoms with Crippen LogP contribution in [0.3, 0.4) is 0 Å². The summed E-state index contributed by atoms with van der Waals surface area (Å²) >= 11 is 0. The van der Waals surface area contributed by atoms with Crippen molar-refractivity contribution >= 4 is 27.3 Å². The Morgan fingerprint density at radius 3 is 2.45 bits per heavy atom. The quantitative estimate of drug-likeness (QED) is 0.908. The van der Waals surface area contributed by atoms with E-state index in [4.69, 9.17) is 0 Å². The fourth-order valence-electron chi connectivity index (χ4n) is 1.81. The van der Waals surface area contributed by atoms with Crippen LogP contribution in [0.1, 0.15) is 13.8 Å². The number of hydrogen-bond acceptors (Lipinski definition) is 4. The summed E-state index contributed by atoms with van der Waals surface area (Å²) in [5.41, 5.74) is 1.11. The molecule has 1 aromatic heterocycles. The summed E-state index contributed by atoms with van der Waals surface area (Å²) < 4.78 is 28.5. The van der Waals surface area contributed by atoms with Crippen molar-refractivity contribution in [3.8, 4) is 0 Å². The lowest BCUT2D eigenvalue weighted by molar-refractivity contribution is -0.116. The van der Waals surface area contributed by atoms with E-state index in [-0.39, 0.29) is 10.8 Å². The Balaban J connectivity index is 2.18. The second-order valence-corrected chi connectivity index (χ2v) is 6.44. The number of aryl methyl sites for hydroxylation is 1. The summed E-state index contributed by atoms with van der Waals surface area (Å²) in [4.78, 5) is 12.9. The summed E-state index contributed by atoms with van der Waals surface area (Å²) in [7, 11) is -2.01. The van der Waals surface area contributed by atoms with Crippen LogP contribution >= 0.6 is 0 Å². The van der Waals surface area contributed by atoms with Gasteiger partial charge in [0.2, 0.25) is 5.91 Å². The maximum atomic E-state index is 12.2. The molecule has 8 heteroatoms. The van der Waals surface area contributed by atoms with Crippen LogP contribution in [0.25, 0.3) is 0 Å². The highest BCUT2D eigenvalue weighted by Gasteiger charge is 2.16. The number of carbonyl (C=O) groups is 1. The average molecular weight is 322 g/mol. The van der Waals surface area contributed by atoms with E-state index in [0.29, 0.717) is 17.9 Å². The first-order chi connectivity index (χ1) is 10.3. The number of amides is 1. The van der Waals surface area contributed by atoms with Crippen LogP contribution < -0.4 is 9.62 Å². The molecule has 118 valence electrons. The van der Waals surface area contributed by atoms with Crippen LogP contribution in [-0.2, 0) is 21.4 Å². The minimum Gasteiger partial charge on any atom is -0.316 e. The average Bonchev–Trinajstić information content (AvgIpc) is 2.96. The number of benzene rings is 1. The molecule has 0 atom stereocenters. The lowest BCUT2D eigenvalue weighted by atomic mass is 10.2. The normalized spacial score (nSPS) is 11.2. The number of sulfonamides is 1. The monoisotopic (exact) mass is 322 g/mol. The van der Waals surface area contributed by atoms with Crippen molar-refractivity contribution in [2.75, 3.05) is 16.7 Å². The molecule has 1 heterocycles. The Kier molecular flexibility index (Phi) is 4.51. The summed E-state index contributed by atoms with van der Waals surface area (Å²) in [6.07, 6.45) is 2.78. The molecule has 0 radical (unpaired) electrons. The molecule has 0 spiro atoms. The molecule has 1 aromatic carbocycles. The van der Waals surface area contributed by atoms with Gasteiger partial charge in [-0.2, -0.15) is 5.10 Å². The SMILES string of the molecule is CCn1cc(S(=O)(=O)Nc2ccc(N(C)C(C)=O)cc2)cn1. The number of aromatic nitrogens is 2. The molecule has 0 saturated heterocycles. The third kappa shape index (κ3) is 3.45. The van der Waals surface area contributed by atoms with Crippen molar-refractivity contribution in [2.24, 2.45) is 0 Å². The largest absolute Gasteiger partial charge is 0.316 e. The molecular weight excluding hydrogens is 304 g/mol. The summed E-state index contributed by atoms with van der Waals surface area (Å²) in [5.74, 6) is -0.0969. The van der Waals surface area contributed by atoms with Gasteiger partial charge in [0.15, 0.2) is 0 Å². The fraction of sp³-hybridized carbons (Fsp3) is 0.286. The van der Waals surface area contributed by atoms with E-state index < -0.39 is 10.0 Å². The predicted octanol–water partition coefficient (Wildman–Crippen LogP) is 1.69. The lowest BCUT2D eigenvalue weighted by Gasteiger charge is -2.15.